The van der Waals surface area contributed by atoms with E-state index in [1.807, 2.05) is 29.2 Å². The van der Waals surface area contributed by atoms with Crippen molar-refractivity contribution in [2.75, 3.05) is 25.0 Å². The van der Waals surface area contributed by atoms with Crippen molar-refractivity contribution in [3.63, 3.8) is 0 Å². The Balaban J connectivity index is 1.22. The number of anilines is 1. The molecule has 1 atom stereocenters. The number of carbonyl (C=O) groups excluding carboxylic acids is 1. The van der Waals surface area contributed by atoms with E-state index in [0.717, 1.165) is 53.4 Å². The van der Waals surface area contributed by atoms with Gasteiger partial charge in [0, 0.05) is 36.0 Å². The molecule has 0 spiro atoms. The minimum Gasteiger partial charge on any atom is -0.306 e. The van der Waals surface area contributed by atoms with Gasteiger partial charge in [0.25, 0.3) is 0 Å². The zero-order chi connectivity index (χ0) is 25.5. The minimum absolute atomic E-state index is 0.0564. The van der Waals surface area contributed by atoms with Gasteiger partial charge in [-0.2, -0.15) is 5.10 Å². The Morgan fingerprint density at radius 2 is 1.86 bits per heavy atom. The molecule has 188 valence electrons. The maximum absolute atomic E-state index is 12.9. The lowest BCUT2D eigenvalue weighted by Gasteiger charge is -2.18. The van der Waals surface area contributed by atoms with Crippen LogP contribution in [0.3, 0.4) is 0 Å². The lowest BCUT2D eigenvalue weighted by atomic mass is 9.97. The summed E-state index contributed by atoms with van der Waals surface area (Å²) in [5, 5.41) is 4.84. The zero-order valence-corrected chi connectivity index (χ0v) is 21.6. The number of carbonyl (C=O) groups is 1. The van der Waals surface area contributed by atoms with Gasteiger partial charge in [0.1, 0.15) is 5.82 Å². The van der Waals surface area contributed by atoms with Crippen LogP contribution in [-0.4, -0.2) is 50.7 Å². The molecule has 1 saturated heterocycles. The molecule has 2 aromatic heterocycles. The Hall–Kier alpha value is -3.84. The number of amides is 1. The van der Waals surface area contributed by atoms with Crippen LogP contribution in [0.4, 0.5) is 5.82 Å². The first-order chi connectivity index (χ1) is 18.0. The number of aromatic nitrogens is 4. The first kappa shape index (κ1) is 23.6. The van der Waals surface area contributed by atoms with Crippen molar-refractivity contribution in [2.45, 2.75) is 45.1 Å². The zero-order valence-electron chi connectivity index (χ0n) is 21.6. The van der Waals surface area contributed by atoms with E-state index in [4.69, 9.17) is 10.1 Å². The van der Waals surface area contributed by atoms with Gasteiger partial charge in [-0.05, 0) is 55.3 Å². The number of rotatable bonds is 6. The van der Waals surface area contributed by atoms with Crippen molar-refractivity contribution in [1.29, 1.82) is 0 Å². The van der Waals surface area contributed by atoms with E-state index in [9.17, 15) is 4.79 Å². The first-order valence-corrected chi connectivity index (χ1v) is 13.1. The van der Waals surface area contributed by atoms with E-state index in [2.05, 4.69) is 73.2 Å². The Kier molecular flexibility index (Phi) is 6.08. The molecule has 2 aromatic carbocycles. The summed E-state index contributed by atoms with van der Waals surface area (Å²) in [5.74, 6) is 2.30. The average Bonchev–Trinajstić information content (AvgIpc) is 3.63. The van der Waals surface area contributed by atoms with Crippen molar-refractivity contribution >= 4 is 11.7 Å². The average molecular weight is 493 g/mol. The molecule has 37 heavy (non-hydrogen) atoms. The Labute approximate surface area is 217 Å². The normalized spacial score (nSPS) is 17.7. The maximum Gasteiger partial charge on any atom is 0.233 e. The number of fused-ring (bicyclic) bond motifs is 1. The summed E-state index contributed by atoms with van der Waals surface area (Å²) < 4.78 is 1.94. The van der Waals surface area contributed by atoms with Crippen LogP contribution < -0.4 is 4.90 Å². The molecule has 0 aliphatic carbocycles. The number of benzene rings is 2. The molecule has 0 N–H and O–H groups in total. The predicted octanol–water partition coefficient (Wildman–Crippen LogP) is 4.96. The van der Waals surface area contributed by atoms with Gasteiger partial charge < -0.3 is 4.90 Å². The third-order valence-electron chi connectivity index (χ3n) is 7.52. The second-order valence-corrected chi connectivity index (χ2v) is 10.5. The van der Waals surface area contributed by atoms with E-state index in [0.29, 0.717) is 30.6 Å². The molecule has 0 saturated carbocycles. The highest BCUT2D eigenvalue weighted by molar-refractivity contribution is 6.00. The molecule has 1 fully saturated rings. The molecular weight excluding hydrogens is 460 g/mol. The number of hydrogen-bond acceptors (Lipinski definition) is 5. The van der Waals surface area contributed by atoms with Crippen LogP contribution in [0.2, 0.25) is 0 Å². The van der Waals surface area contributed by atoms with Crippen molar-refractivity contribution in [3.8, 4) is 17.1 Å². The molecule has 0 radical (unpaired) electrons. The Morgan fingerprint density at radius 3 is 2.62 bits per heavy atom. The summed E-state index contributed by atoms with van der Waals surface area (Å²) >= 11 is 0. The van der Waals surface area contributed by atoms with Gasteiger partial charge in [0.15, 0.2) is 5.82 Å². The molecular formula is C30H32N6O. The van der Waals surface area contributed by atoms with E-state index in [1.54, 1.807) is 4.90 Å². The fourth-order valence-electron chi connectivity index (χ4n) is 5.44. The van der Waals surface area contributed by atoms with Crippen molar-refractivity contribution in [1.82, 2.24) is 24.6 Å². The topological polar surface area (TPSA) is 67.2 Å². The lowest BCUT2D eigenvalue weighted by molar-refractivity contribution is -0.117. The molecule has 7 nitrogen and oxygen atoms in total. The van der Waals surface area contributed by atoms with Crippen molar-refractivity contribution in [2.24, 2.45) is 0 Å². The first-order valence-electron chi connectivity index (χ1n) is 13.1. The van der Waals surface area contributed by atoms with Crippen molar-refractivity contribution < 1.29 is 4.79 Å². The molecule has 6 rings (SSSR count). The molecule has 4 heterocycles. The largest absolute Gasteiger partial charge is 0.306 e. The number of hydrogen-bond donors (Lipinski definition) is 0. The van der Waals surface area contributed by atoms with Gasteiger partial charge in [0.2, 0.25) is 5.91 Å². The minimum atomic E-state index is 0.0564. The summed E-state index contributed by atoms with van der Waals surface area (Å²) in [6.45, 7) is 7.01. The van der Waals surface area contributed by atoms with Crippen LogP contribution in [0.15, 0.2) is 67.0 Å². The summed E-state index contributed by atoms with van der Waals surface area (Å²) in [7, 11) is 2.16. The maximum atomic E-state index is 12.9. The van der Waals surface area contributed by atoms with E-state index < -0.39 is 0 Å². The molecule has 2 aliphatic heterocycles. The van der Waals surface area contributed by atoms with Gasteiger partial charge >= 0.3 is 0 Å². The molecule has 2 aliphatic rings. The molecule has 1 amide bonds. The lowest BCUT2D eigenvalue weighted by Crippen LogP contribution is -2.26. The third-order valence-corrected chi connectivity index (χ3v) is 7.52. The summed E-state index contributed by atoms with van der Waals surface area (Å²) in [6.07, 6.45) is 5.35. The number of likely N-dealkylation sites (N-methyl/N-ethyl adjacent to an activating group) is 1. The fourth-order valence-corrected chi connectivity index (χ4v) is 5.44. The Bertz CT molecular complexity index is 1440. The van der Waals surface area contributed by atoms with Gasteiger partial charge in [-0.25, -0.2) is 14.6 Å². The van der Waals surface area contributed by atoms with Gasteiger partial charge in [0.05, 0.1) is 24.3 Å². The fraction of sp³-hybridized carbons (Fsp3) is 0.333. The summed E-state index contributed by atoms with van der Waals surface area (Å²) in [5.41, 5.74) is 6.33. The highest BCUT2D eigenvalue weighted by Crippen LogP contribution is 2.33. The van der Waals surface area contributed by atoms with Crippen LogP contribution in [0, 0.1) is 0 Å². The second kappa shape index (κ2) is 9.56. The summed E-state index contributed by atoms with van der Waals surface area (Å²) in [6, 6.07) is 18.6. The monoisotopic (exact) mass is 492 g/mol. The highest BCUT2D eigenvalue weighted by atomic mass is 16.2. The second-order valence-electron chi connectivity index (χ2n) is 10.5. The van der Waals surface area contributed by atoms with Crippen LogP contribution in [0.25, 0.3) is 17.1 Å². The van der Waals surface area contributed by atoms with E-state index in [1.165, 1.54) is 5.56 Å². The van der Waals surface area contributed by atoms with E-state index >= 15 is 0 Å². The molecule has 1 unspecified atom stereocenters. The van der Waals surface area contributed by atoms with Crippen molar-refractivity contribution in [3.05, 3.63) is 89.4 Å². The SMILES string of the molecule is CC(C)c1ccccc1-c1ncc2c(n1)N(Cc1ccc(-n3ccc(C4CCN(C)C4)n3)cc1)C(=O)C2. The number of likely N-dealkylation sites (tertiary alicyclic amines) is 1. The molecule has 4 aromatic rings. The summed E-state index contributed by atoms with van der Waals surface area (Å²) in [4.78, 5) is 26.6. The highest BCUT2D eigenvalue weighted by Gasteiger charge is 2.30. The van der Waals surface area contributed by atoms with Gasteiger partial charge in [-0.1, -0.05) is 50.2 Å². The molecule has 0 bridgehead atoms. The van der Waals surface area contributed by atoms with Crippen LogP contribution >= 0.6 is 0 Å². The van der Waals surface area contributed by atoms with Crippen LogP contribution in [-0.2, 0) is 17.8 Å². The quantitative estimate of drug-likeness (QED) is 0.381. The standard InChI is InChI=1S/C30H32N6O/c1-20(2)25-6-4-5-7-26(25)29-31-17-23-16-28(37)35(30(23)32-29)18-21-8-10-24(11-9-21)36-15-13-27(33-36)22-12-14-34(3)19-22/h4-11,13,15,17,20,22H,12,14,16,18-19H2,1-3H3. The van der Waals surface area contributed by atoms with Gasteiger partial charge in [-0.15, -0.1) is 0 Å². The van der Waals surface area contributed by atoms with Crippen LogP contribution in [0.1, 0.15) is 54.5 Å². The predicted molar refractivity (Wildman–Crippen MR) is 145 cm³/mol. The van der Waals surface area contributed by atoms with Gasteiger partial charge in [-0.3, -0.25) is 9.69 Å². The van der Waals surface area contributed by atoms with Crippen LogP contribution in [0.5, 0.6) is 0 Å². The molecule has 7 heteroatoms. The number of nitrogens with zero attached hydrogens (tertiary/aromatic N) is 6. The third kappa shape index (κ3) is 4.55. The Morgan fingerprint density at radius 1 is 1.05 bits per heavy atom. The van der Waals surface area contributed by atoms with E-state index in [-0.39, 0.29) is 5.91 Å². The smallest absolute Gasteiger partial charge is 0.233 e.